The van der Waals surface area contributed by atoms with Gasteiger partial charge < -0.3 is 4.74 Å². The van der Waals surface area contributed by atoms with E-state index in [0.717, 1.165) is 0 Å². The maximum Gasteiger partial charge on any atom is 0.219 e. The van der Waals surface area contributed by atoms with Gasteiger partial charge in [0.2, 0.25) is 5.88 Å². The van der Waals surface area contributed by atoms with Crippen molar-refractivity contribution in [2.75, 3.05) is 0 Å². The number of hydrogen-bond donors (Lipinski definition) is 0. The second-order valence-corrected chi connectivity index (χ2v) is 5.26. The first-order valence-electron chi connectivity index (χ1n) is 6.05. The van der Waals surface area contributed by atoms with Crippen molar-refractivity contribution in [3.8, 4) is 11.6 Å². The monoisotopic (exact) mass is 256 g/mol. The molecule has 4 nitrogen and oxygen atoms in total. The molecule has 2 rings (SSSR count). The third-order valence-corrected chi connectivity index (χ3v) is 2.54. The molecule has 2 aromatic heterocycles. The molecular weight excluding hydrogens is 240 g/mol. The van der Waals surface area contributed by atoms with E-state index in [4.69, 9.17) is 4.74 Å². The molecule has 0 radical (unpaired) electrons. The van der Waals surface area contributed by atoms with E-state index in [0.29, 0.717) is 17.2 Å². The van der Waals surface area contributed by atoms with Gasteiger partial charge in [-0.3, -0.25) is 9.78 Å². The standard InChI is InChI=1S/C15H16N2O2/c1-15(2,3)14(18)11-6-7-13(17-9-11)19-12-5-4-8-16-10-12/h4-10H,1-3H3. The molecule has 0 amide bonds. The molecule has 0 aromatic carbocycles. The first-order valence-corrected chi connectivity index (χ1v) is 6.05. The Labute approximate surface area is 112 Å². The highest BCUT2D eigenvalue weighted by Crippen LogP contribution is 2.22. The molecule has 0 aliphatic heterocycles. The van der Waals surface area contributed by atoms with Crippen molar-refractivity contribution in [3.63, 3.8) is 0 Å². The van der Waals surface area contributed by atoms with Crippen LogP contribution in [-0.2, 0) is 0 Å². The van der Waals surface area contributed by atoms with Crippen molar-refractivity contribution in [1.82, 2.24) is 9.97 Å². The number of ether oxygens (including phenoxy) is 1. The summed E-state index contributed by atoms with van der Waals surface area (Å²) in [7, 11) is 0. The van der Waals surface area contributed by atoms with E-state index in [1.807, 2.05) is 20.8 Å². The molecule has 0 atom stereocenters. The SMILES string of the molecule is CC(C)(C)C(=O)c1ccc(Oc2cccnc2)nc1. The van der Waals surface area contributed by atoms with Crippen molar-refractivity contribution in [1.29, 1.82) is 0 Å². The van der Waals surface area contributed by atoms with Gasteiger partial charge in [0, 0.05) is 29.4 Å². The van der Waals surface area contributed by atoms with Gasteiger partial charge in [0.05, 0.1) is 6.20 Å². The van der Waals surface area contributed by atoms with E-state index < -0.39 is 5.41 Å². The van der Waals surface area contributed by atoms with Crippen LogP contribution in [0.3, 0.4) is 0 Å². The highest BCUT2D eigenvalue weighted by atomic mass is 16.5. The fourth-order valence-electron chi connectivity index (χ4n) is 1.54. The summed E-state index contributed by atoms with van der Waals surface area (Å²) < 4.78 is 5.51. The Morgan fingerprint density at radius 3 is 2.47 bits per heavy atom. The largest absolute Gasteiger partial charge is 0.437 e. The van der Waals surface area contributed by atoms with Gasteiger partial charge in [-0.15, -0.1) is 0 Å². The summed E-state index contributed by atoms with van der Waals surface area (Å²) >= 11 is 0. The zero-order valence-corrected chi connectivity index (χ0v) is 11.3. The normalized spacial score (nSPS) is 11.1. The molecule has 0 spiro atoms. The lowest BCUT2D eigenvalue weighted by Crippen LogP contribution is -2.20. The molecule has 2 aromatic rings. The smallest absolute Gasteiger partial charge is 0.219 e. The fraction of sp³-hybridized carbons (Fsp3) is 0.267. The minimum atomic E-state index is -0.409. The molecule has 0 aliphatic carbocycles. The number of Topliss-reactive ketones (excluding diaryl/α,β-unsaturated/α-hetero) is 1. The molecule has 0 saturated carbocycles. The fourth-order valence-corrected chi connectivity index (χ4v) is 1.54. The first kappa shape index (κ1) is 13.2. The van der Waals surface area contributed by atoms with Crippen LogP contribution >= 0.6 is 0 Å². The Hall–Kier alpha value is -2.23. The molecule has 0 unspecified atom stereocenters. The van der Waals surface area contributed by atoms with Crippen LogP contribution in [0.1, 0.15) is 31.1 Å². The summed E-state index contributed by atoms with van der Waals surface area (Å²) in [6.07, 6.45) is 4.82. The molecule has 0 aliphatic rings. The van der Waals surface area contributed by atoms with Gasteiger partial charge in [-0.05, 0) is 18.2 Å². The molecule has 19 heavy (non-hydrogen) atoms. The van der Waals surface area contributed by atoms with E-state index in [9.17, 15) is 4.79 Å². The third-order valence-electron chi connectivity index (χ3n) is 2.54. The summed E-state index contributed by atoms with van der Waals surface area (Å²) in [5, 5.41) is 0. The first-order chi connectivity index (χ1) is 8.97. The maximum atomic E-state index is 12.0. The number of pyridine rings is 2. The van der Waals surface area contributed by atoms with Crippen molar-refractivity contribution < 1.29 is 9.53 Å². The minimum absolute atomic E-state index is 0.0629. The number of nitrogens with zero attached hydrogens (tertiary/aromatic N) is 2. The summed E-state index contributed by atoms with van der Waals surface area (Å²) in [6, 6.07) is 6.99. The van der Waals surface area contributed by atoms with Crippen molar-refractivity contribution in [3.05, 3.63) is 48.4 Å². The number of ketones is 1. The van der Waals surface area contributed by atoms with E-state index in [1.54, 1.807) is 42.9 Å². The molecule has 0 saturated heterocycles. The van der Waals surface area contributed by atoms with Crippen molar-refractivity contribution >= 4 is 5.78 Å². The zero-order chi connectivity index (χ0) is 13.9. The van der Waals surface area contributed by atoms with Crippen molar-refractivity contribution in [2.45, 2.75) is 20.8 Å². The summed E-state index contributed by atoms with van der Waals surface area (Å²) in [4.78, 5) is 20.1. The quantitative estimate of drug-likeness (QED) is 0.789. The van der Waals surface area contributed by atoms with Gasteiger partial charge in [-0.25, -0.2) is 4.98 Å². The maximum absolute atomic E-state index is 12.0. The highest BCUT2D eigenvalue weighted by Gasteiger charge is 2.23. The summed E-state index contributed by atoms with van der Waals surface area (Å²) in [5.74, 6) is 1.12. The molecule has 0 fully saturated rings. The Kier molecular flexibility index (Phi) is 3.60. The van der Waals surface area contributed by atoms with Crippen LogP contribution < -0.4 is 4.74 Å². The van der Waals surface area contributed by atoms with Crippen LogP contribution in [0, 0.1) is 5.41 Å². The van der Waals surface area contributed by atoms with Gasteiger partial charge in [0.25, 0.3) is 0 Å². The number of hydrogen-bond acceptors (Lipinski definition) is 4. The predicted molar refractivity (Wildman–Crippen MR) is 72.3 cm³/mol. The molecular formula is C15H16N2O2. The average molecular weight is 256 g/mol. The third kappa shape index (κ3) is 3.37. The van der Waals surface area contributed by atoms with Gasteiger partial charge in [0.1, 0.15) is 5.75 Å². The lowest BCUT2D eigenvalue weighted by atomic mass is 9.87. The van der Waals surface area contributed by atoms with Crippen LogP contribution in [0.4, 0.5) is 0 Å². The molecule has 0 N–H and O–H groups in total. The van der Waals surface area contributed by atoms with E-state index >= 15 is 0 Å². The molecule has 0 bridgehead atoms. The van der Waals surface area contributed by atoms with Crippen LogP contribution in [0.2, 0.25) is 0 Å². The molecule has 4 heteroatoms. The summed E-state index contributed by atoms with van der Waals surface area (Å²) in [5.41, 5.74) is 0.180. The number of carbonyl (C=O) groups is 1. The van der Waals surface area contributed by atoms with E-state index in [-0.39, 0.29) is 5.78 Å². The van der Waals surface area contributed by atoms with Crippen LogP contribution in [0.15, 0.2) is 42.9 Å². The van der Waals surface area contributed by atoms with Crippen LogP contribution in [-0.4, -0.2) is 15.8 Å². The Balaban J connectivity index is 2.13. The number of carbonyl (C=O) groups excluding carboxylic acids is 1. The Morgan fingerprint density at radius 2 is 1.95 bits per heavy atom. The molecule has 98 valence electrons. The van der Waals surface area contributed by atoms with Gasteiger partial charge in [-0.2, -0.15) is 0 Å². The topological polar surface area (TPSA) is 52.1 Å². The lowest BCUT2D eigenvalue weighted by molar-refractivity contribution is 0.0858. The van der Waals surface area contributed by atoms with Gasteiger partial charge in [0.15, 0.2) is 5.78 Å². The highest BCUT2D eigenvalue weighted by molar-refractivity contribution is 5.99. The summed E-state index contributed by atoms with van der Waals surface area (Å²) in [6.45, 7) is 5.65. The lowest BCUT2D eigenvalue weighted by Gasteiger charge is -2.16. The van der Waals surface area contributed by atoms with E-state index in [2.05, 4.69) is 9.97 Å². The van der Waals surface area contributed by atoms with Crippen LogP contribution in [0.25, 0.3) is 0 Å². The molecule has 2 heterocycles. The van der Waals surface area contributed by atoms with E-state index in [1.165, 1.54) is 0 Å². The zero-order valence-electron chi connectivity index (χ0n) is 11.3. The minimum Gasteiger partial charge on any atom is -0.437 e. The Bertz CT molecular complexity index is 557. The van der Waals surface area contributed by atoms with Gasteiger partial charge >= 0.3 is 0 Å². The predicted octanol–water partition coefficient (Wildman–Crippen LogP) is 3.50. The second-order valence-electron chi connectivity index (χ2n) is 5.26. The Morgan fingerprint density at radius 1 is 1.16 bits per heavy atom. The second kappa shape index (κ2) is 5.18. The number of aromatic nitrogens is 2. The van der Waals surface area contributed by atoms with Crippen molar-refractivity contribution in [2.24, 2.45) is 5.41 Å². The number of rotatable bonds is 3. The van der Waals surface area contributed by atoms with Crippen LogP contribution in [0.5, 0.6) is 11.6 Å². The van der Waals surface area contributed by atoms with Gasteiger partial charge in [-0.1, -0.05) is 20.8 Å². The average Bonchev–Trinajstić information content (AvgIpc) is 2.39.